The van der Waals surface area contributed by atoms with Crippen LogP contribution in [0.2, 0.25) is 0 Å². The number of rotatable bonds is 4. The minimum Gasteiger partial charge on any atom is -0.426 e. The van der Waals surface area contributed by atoms with Crippen molar-refractivity contribution < 1.29 is 9.53 Å². The first-order chi connectivity index (χ1) is 9.90. The number of hydrogen-bond acceptors (Lipinski definition) is 3. The molecule has 5 nitrogen and oxygen atoms in total. The number of hydrogen-bond donors (Lipinski definition) is 2. The van der Waals surface area contributed by atoms with Gasteiger partial charge in [-0.1, -0.05) is 44.7 Å². The van der Waals surface area contributed by atoms with Gasteiger partial charge in [-0.05, 0) is 18.4 Å². The van der Waals surface area contributed by atoms with Crippen LogP contribution in [0.25, 0.3) is 0 Å². The number of aliphatic imine (C=N–C) groups is 1. The van der Waals surface area contributed by atoms with Crippen molar-refractivity contribution in [2.24, 2.45) is 22.4 Å². The molecular formula is C16H25N3O2. The van der Waals surface area contributed by atoms with E-state index in [1.807, 2.05) is 31.2 Å². The van der Waals surface area contributed by atoms with E-state index in [9.17, 15) is 4.79 Å². The third-order valence-corrected chi connectivity index (χ3v) is 2.41. The molecule has 0 aliphatic heterocycles. The summed E-state index contributed by atoms with van der Waals surface area (Å²) in [6.45, 7) is 9.88. The second-order valence-electron chi connectivity index (χ2n) is 4.50. The maximum atomic E-state index is 10.8. The van der Waals surface area contributed by atoms with Crippen molar-refractivity contribution in [3.63, 3.8) is 0 Å². The zero-order chi connectivity index (χ0) is 16.3. The highest BCUT2D eigenvalue weighted by atomic mass is 16.5. The van der Waals surface area contributed by atoms with Crippen molar-refractivity contribution in [1.82, 2.24) is 0 Å². The van der Waals surface area contributed by atoms with Crippen LogP contribution in [0, 0.1) is 5.92 Å². The molecule has 0 amide bonds. The van der Waals surface area contributed by atoms with Gasteiger partial charge in [-0.25, -0.2) is 0 Å². The van der Waals surface area contributed by atoms with Gasteiger partial charge >= 0.3 is 5.97 Å². The maximum Gasteiger partial charge on any atom is 0.308 e. The second-order valence-corrected chi connectivity index (χ2v) is 4.50. The van der Waals surface area contributed by atoms with E-state index in [2.05, 4.69) is 18.5 Å². The summed E-state index contributed by atoms with van der Waals surface area (Å²) in [5.74, 6) is 0.778. The van der Waals surface area contributed by atoms with E-state index < -0.39 is 0 Å². The molecule has 1 aliphatic rings. The van der Waals surface area contributed by atoms with Crippen LogP contribution in [0.4, 0.5) is 0 Å². The zero-order valence-electron chi connectivity index (χ0n) is 13.0. The first-order valence-electron chi connectivity index (χ1n) is 6.87. The van der Waals surface area contributed by atoms with Gasteiger partial charge in [0.15, 0.2) is 5.96 Å². The normalized spacial score (nSPS) is 16.4. The Hall–Kier alpha value is -2.30. The lowest BCUT2D eigenvalue weighted by Crippen LogP contribution is -2.22. The minimum absolute atomic E-state index is 0.182. The minimum atomic E-state index is -0.313. The van der Waals surface area contributed by atoms with Gasteiger partial charge in [-0.2, -0.15) is 0 Å². The largest absolute Gasteiger partial charge is 0.426 e. The lowest BCUT2D eigenvalue weighted by molar-refractivity contribution is -0.136. The fourth-order valence-corrected chi connectivity index (χ4v) is 1.39. The summed E-state index contributed by atoms with van der Waals surface area (Å²) in [4.78, 5) is 14.5. The van der Waals surface area contributed by atoms with Gasteiger partial charge in [0.2, 0.25) is 0 Å². The predicted molar refractivity (Wildman–Crippen MR) is 87.4 cm³/mol. The molecule has 21 heavy (non-hydrogen) atoms. The Balaban J connectivity index is 0.000000486. The summed E-state index contributed by atoms with van der Waals surface area (Å²) in [6.07, 6.45) is 10.4. The number of esters is 1. The molecule has 116 valence electrons. The van der Waals surface area contributed by atoms with E-state index in [0.29, 0.717) is 11.7 Å². The smallest absolute Gasteiger partial charge is 0.308 e. The molecule has 1 aliphatic carbocycles. The highest BCUT2D eigenvalue weighted by molar-refractivity contribution is 5.75. The van der Waals surface area contributed by atoms with Crippen LogP contribution in [0.3, 0.4) is 0 Å². The highest BCUT2D eigenvalue weighted by Gasteiger charge is 2.06. The Morgan fingerprint density at radius 2 is 2.05 bits per heavy atom. The summed E-state index contributed by atoms with van der Waals surface area (Å²) in [6, 6.07) is 0. The summed E-state index contributed by atoms with van der Waals surface area (Å²) in [7, 11) is 0. The van der Waals surface area contributed by atoms with Gasteiger partial charge in [0.05, 0.1) is 0 Å². The topological polar surface area (TPSA) is 90.7 Å². The van der Waals surface area contributed by atoms with Gasteiger partial charge in [0.25, 0.3) is 0 Å². The van der Waals surface area contributed by atoms with Crippen LogP contribution in [-0.2, 0) is 9.53 Å². The van der Waals surface area contributed by atoms with Crippen molar-refractivity contribution in [1.29, 1.82) is 0 Å². The second kappa shape index (κ2) is 10.5. The molecule has 0 fully saturated rings. The molecule has 0 spiro atoms. The average molecular weight is 291 g/mol. The Kier molecular flexibility index (Phi) is 9.33. The van der Waals surface area contributed by atoms with Crippen LogP contribution in [-0.4, -0.2) is 18.5 Å². The number of nitrogens with two attached hydrogens (primary N) is 2. The molecule has 0 bridgehead atoms. The summed E-state index contributed by atoms with van der Waals surface area (Å²) < 4.78 is 5.05. The number of nitrogens with zero attached hydrogens (tertiary/aromatic N) is 1. The maximum absolute atomic E-state index is 10.8. The fraction of sp³-hybridized carbons (Fsp3) is 0.375. The van der Waals surface area contributed by atoms with E-state index in [1.54, 1.807) is 6.08 Å². The van der Waals surface area contributed by atoms with Gasteiger partial charge in [0.1, 0.15) is 5.76 Å². The predicted octanol–water partition coefficient (Wildman–Crippen LogP) is 2.42. The Morgan fingerprint density at radius 3 is 2.48 bits per heavy atom. The lowest BCUT2D eigenvalue weighted by Gasteiger charge is -2.03. The van der Waals surface area contributed by atoms with Gasteiger partial charge in [-0.3, -0.25) is 9.79 Å². The third-order valence-electron chi connectivity index (χ3n) is 2.41. The Morgan fingerprint density at radius 1 is 1.43 bits per heavy atom. The van der Waals surface area contributed by atoms with Gasteiger partial charge < -0.3 is 16.2 Å². The molecule has 0 heterocycles. The first kappa shape index (κ1) is 18.7. The Bertz CT molecular complexity index is 470. The van der Waals surface area contributed by atoms with E-state index in [-0.39, 0.29) is 11.9 Å². The lowest BCUT2D eigenvalue weighted by atomic mass is 10.1. The fourth-order valence-electron chi connectivity index (χ4n) is 1.39. The highest BCUT2D eigenvalue weighted by Crippen LogP contribution is 2.17. The third kappa shape index (κ3) is 9.27. The number of allylic oxidation sites excluding steroid dienone is 6. The molecule has 0 radical (unpaired) electrons. The molecule has 0 aromatic rings. The van der Waals surface area contributed by atoms with Crippen molar-refractivity contribution in [3.05, 3.63) is 48.3 Å². The standard InChI is InChI=1S/C12H14O2.C4H11N3/c1-4-11-7-5-9(2)6-8-12(11)14-10(3)13;1-2-3-7-4(5)6/h4-9H,1H2,2-3H3;2-3H2,1H3,(H4,5,6,7). The quantitative estimate of drug-likeness (QED) is 0.473. The van der Waals surface area contributed by atoms with Crippen LogP contribution in [0.1, 0.15) is 27.2 Å². The summed E-state index contributed by atoms with van der Waals surface area (Å²) >= 11 is 0. The van der Waals surface area contributed by atoms with Crippen LogP contribution in [0.5, 0.6) is 0 Å². The van der Waals surface area contributed by atoms with Crippen LogP contribution in [0.15, 0.2) is 53.3 Å². The molecule has 0 saturated heterocycles. The number of guanidine groups is 1. The number of carbonyl (C=O) groups is 1. The van der Waals surface area contributed by atoms with Gasteiger partial charge in [0, 0.05) is 19.0 Å². The molecule has 1 atom stereocenters. The van der Waals surface area contributed by atoms with E-state index in [4.69, 9.17) is 16.2 Å². The Labute approximate surface area is 126 Å². The molecule has 5 heteroatoms. The molecule has 0 aromatic heterocycles. The molecule has 1 rings (SSSR count). The van der Waals surface area contributed by atoms with Crippen molar-refractivity contribution in [2.75, 3.05) is 6.54 Å². The molecule has 0 saturated carbocycles. The van der Waals surface area contributed by atoms with Crippen molar-refractivity contribution in [2.45, 2.75) is 27.2 Å². The van der Waals surface area contributed by atoms with E-state index in [0.717, 1.165) is 18.5 Å². The summed E-state index contributed by atoms with van der Waals surface area (Å²) in [5.41, 5.74) is 10.8. The van der Waals surface area contributed by atoms with Crippen LogP contribution >= 0.6 is 0 Å². The number of carbonyl (C=O) groups excluding carboxylic acids is 1. The SMILES string of the molecule is C=CC1=C(OC(C)=O)C=CC(C)C=C1.CCCN=C(N)N. The molecule has 4 N–H and O–H groups in total. The van der Waals surface area contributed by atoms with Crippen molar-refractivity contribution >= 4 is 11.9 Å². The monoisotopic (exact) mass is 291 g/mol. The zero-order valence-corrected chi connectivity index (χ0v) is 13.0. The number of ether oxygens (including phenoxy) is 1. The molecule has 0 aromatic carbocycles. The van der Waals surface area contributed by atoms with E-state index in [1.165, 1.54) is 6.92 Å². The molecule has 1 unspecified atom stereocenters. The summed E-state index contributed by atoms with van der Waals surface area (Å²) in [5, 5.41) is 0. The van der Waals surface area contributed by atoms with Gasteiger partial charge in [-0.15, -0.1) is 0 Å². The van der Waals surface area contributed by atoms with E-state index >= 15 is 0 Å². The first-order valence-corrected chi connectivity index (χ1v) is 6.87. The molecular weight excluding hydrogens is 266 g/mol. The van der Waals surface area contributed by atoms with Crippen LogP contribution < -0.4 is 11.5 Å². The average Bonchev–Trinajstić information content (AvgIpc) is 2.59. The van der Waals surface area contributed by atoms with Crippen molar-refractivity contribution in [3.8, 4) is 0 Å².